The summed E-state index contributed by atoms with van der Waals surface area (Å²) in [5.41, 5.74) is 5.40. The van der Waals surface area contributed by atoms with Crippen LogP contribution < -0.4 is 5.73 Å². The van der Waals surface area contributed by atoms with Crippen LogP contribution >= 0.6 is 0 Å². The first kappa shape index (κ1) is 12.6. The van der Waals surface area contributed by atoms with Crippen LogP contribution in [-0.2, 0) is 9.59 Å². The van der Waals surface area contributed by atoms with Crippen molar-refractivity contribution in [2.24, 2.45) is 17.6 Å². The van der Waals surface area contributed by atoms with Gasteiger partial charge in [0.2, 0.25) is 11.8 Å². The molecule has 2 fully saturated rings. The number of piperidine rings is 1. The van der Waals surface area contributed by atoms with Gasteiger partial charge in [0, 0.05) is 18.4 Å². The first-order chi connectivity index (χ1) is 8.09. The predicted octanol–water partition coefficient (Wildman–Crippen LogP) is 1.29. The average Bonchev–Trinajstić information content (AvgIpc) is 2.80. The molecule has 1 aliphatic heterocycles. The highest BCUT2D eigenvalue weighted by Gasteiger charge is 2.51. The highest BCUT2D eigenvalue weighted by molar-refractivity contribution is 6.01. The summed E-state index contributed by atoms with van der Waals surface area (Å²) >= 11 is 0. The van der Waals surface area contributed by atoms with Gasteiger partial charge in [0.15, 0.2) is 0 Å². The minimum atomic E-state index is -0.449. The number of nitrogens with zero attached hydrogens (tertiary/aromatic N) is 1. The number of imide groups is 1. The van der Waals surface area contributed by atoms with E-state index in [1.165, 1.54) is 4.90 Å². The summed E-state index contributed by atoms with van der Waals surface area (Å²) in [6, 6.07) is 0. The summed E-state index contributed by atoms with van der Waals surface area (Å²) in [6.07, 6.45) is 4.01. The zero-order chi connectivity index (χ0) is 12.6. The molecule has 1 saturated carbocycles. The summed E-state index contributed by atoms with van der Waals surface area (Å²) in [7, 11) is 0. The van der Waals surface area contributed by atoms with Crippen molar-refractivity contribution in [3.8, 4) is 0 Å². The fourth-order valence-electron chi connectivity index (χ4n) is 3.32. The summed E-state index contributed by atoms with van der Waals surface area (Å²) in [4.78, 5) is 26.3. The maximum absolute atomic E-state index is 12.4. The second kappa shape index (κ2) is 4.41. The molecule has 4 heteroatoms. The number of hydrogen-bond acceptors (Lipinski definition) is 3. The molecule has 2 unspecified atom stereocenters. The van der Waals surface area contributed by atoms with E-state index in [9.17, 15) is 9.59 Å². The first-order valence-corrected chi connectivity index (χ1v) is 6.67. The van der Waals surface area contributed by atoms with Crippen LogP contribution in [0.25, 0.3) is 0 Å². The lowest BCUT2D eigenvalue weighted by Crippen LogP contribution is -2.62. The fourth-order valence-corrected chi connectivity index (χ4v) is 3.32. The van der Waals surface area contributed by atoms with E-state index in [1.54, 1.807) is 0 Å². The van der Waals surface area contributed by atoms with Crippen LogP contribution in [0.4, 0.5) is 0 Å². The fraction of sp³-hybridized carbons (Fsp3) is 0.846. The number of fused-ring (bicyclic) bond motifs is 2. The van der Waals surface area contributed by atoms with E-state index in [0.717, 1.165) is 32.1 Å². The third kappa shape index (κ3) is 1.69. The molecule has 96 valence electrons. The Bertz CT molecular complexity index is 306. The van der Waals surface area contributed by atoms with Crippen LogP contribution in [0.1, 0.15) is 46.0 Å². The van der Waals surface area contributed by atoms with Crippen molar-refractivity contribution in [2.75, 3.05) is 6.54 Å². The molecule has 0 aromatic rings. The molecule has 4 nitrogen and oxygen atoms in total. The van der Waals surface area contributed by atoms with Crippen molar-refractivity contribution in [3.05, 3.63) is 0 Å². The zero-order valence-corrected chi connectivity index (χ0v) is 10.7. The molecule has 0 aromatic heterocycles. The maximum Gasteiger partial charge on any atom is 0.232 e. The van der Waals surface area contributed by atoms with Gasteiger partial charge in [-0.05, 0) is 32.1 Å². The van der Waals surface area contributed by atoms with Crippen molar-refractivity contribution in [3.63, 3.8) is 0 Å². The molecule has 2 bridgehead atoms. The van der Waals surface area contributed by atoms with Gasteiger partial charge in [0.1, 0.15) is 0 Å². The third-order valence-electron chi connectivity index (χ3n) is 4.74. The largest absolute Gasteiger partial charge is 0.328 e. The number of carbonyl (C=O) groups excluding carboxylic acids is 2. The molecule has 1 aliphatic carbocycles. The van der Waals surface area contributed by atoms with E-state index >= 15 is 0 Å². The van der Waals surface area contributed by atoms with Crippen LogP contribution in [0.3, 0.4) is 0 Å². The van der Waals surface area contributed by atoms with E-state index in [4.69, 9.17) is 5.73 Å². The lowest BCUT2D eigenvalue weighted by molar-refractivity contribution is -0.161. The third-order valence-corrected chi connectivity index (χ3v) is 4.74. The van der Waals surface area contributed by atoms with E-state index < -0.39 is 5.54 Å². The minimum Gasteiger partial charge on any atom is -0.328 e. The first-order valence-electron chi connectivity index (χ1n) is 6.67. The van der Waals surface area contributed by atoms with Gasteiger partial charge in [-0.1, -0.05) is 13.8 Å². The summed E-state index contributed by atoms with van der Waals surface area (Å²) in [5, 5.41) is 0. The predicted molar refractivity (Wildman–Crippen MR) is 65.1 cm³/mol. The van der Waals surface area contributed by atoms with Gasteiger partial charge in [0.25, 0.3) is 0 Å². The van der Waals surface area contributed by atoms with Crippen LogP contribution in [0, 0.1) is 11.8 Å². The SMILES string of the molecule is CCC(CC)(CN)N1C(=O)C2CCC(C2)C1=O. The van der Waals surface area contributed by atoms with Crippen molar-refractivity contribution < 1.29 is 9.59 Å². The van der Waals surface area contributed by atoms with Gasteiger partial charge in [0.05, 0.1) is 5.54 Å². The van der Waals surface area contributed by atoms with E-state index in [-0.39, 0.29) is 23.7 Å². The van der Waals surface area contributed by atoms with Crippen molar-refractivity contribution in [1.82, 2.24) is 4.90 Å². The second-order valence-corrected chi connectivity index (χ2v) is 5.35. The van der Waals surface area contributed by atoms with E-state index in [2.05, 4.69) is 0 Å². The topological polar surface area (TPSA) is 63.4 Å². The Balaban J connectivity index is 2.35. The highest BCUT2D eigenvalue weighted by atomic mass is 16.2. The molecule has 2 atom stereocenters. The summed E-state index contributed by atoms with van der Waals surface area (Å²) < 4.78 is 0. The molecule has 0 radical (unpaired) electrons. The molecule has 1 heterocycles. The van der Waals surface area contributed by atoms with Gasteiger partial charge in [-0.25, -0.2) is 0 Å². The molecular formula is C13H22N2O2. The van der Waals surface area contributed by atoms with Gasteiger partial charge in [-0.15, -0.1) is 0 Å². The van der Waals surface area contributed by atoms with E-state index in [0.29, 0.717) is 6.54 Å². The smallest absolute Gasteiger partial charge is 0.232 e. The van der Waals surface area contributed by atoms with E-state index in [1.807, 2.05) is 13.8 Å². The van der Waals surface area contributed by atoms with Crippen LogP contribution in [0.2, 0.25) is 0 Å². The number of rotatable bonds is 4. The number of hydrogen-bond donors (Lipinski definition) is 1. The minimum absolute atomic E-state index is 0.0258. The molecular weight excluding hydrogens is 216 g/mol. The van der Waals surface area contributed by atoms with Crippen LogP contribution in [0.15, 0.2) is 0 Å². The lowest BCUT2D eigenvalue weighted by atomic mass is 9.85. The van der Waals surface area contributed by atoms with Crippen molar-refractivity contribution in [1.29, 1.82) is 0 Å². The Morgan fingerprint density at radius 1 is 1.18 bits per heavy atom. The molecule has 1 saturated heterocycles. The summed E-state index contributed by atoms with van der Waals surface area (Å²) in [6.45, 7) is 4.39. The Labute approximate surface area is 103 Å². The Kier molecular flexibility index (Phi) is 3.25. The Morgan fingerprint density at radius 2 is 1.65 bits per heavy atom. The highest BCUT2D eigenvalue weighted by Crippen LogP contribution is 2.41. The Morgan fingerprint density at radius 3 is 2.00 bits per heavy atom. The molecule has 2 rings (SSSR count). The standard InChI is InChI=1S/C13H22N2O2/c1-3-13(4-2,8-14)15-11(16)9-5-6-10(7-9)12(15)17/h9-10H,3-8,14H2,1-2H3. The van der Waals surface area contributed by atoms with Gasteiger partial charge >= 0.3 is 0 Å². The molecule has 0 aromatic carbocycles. The van der Waals surface area contributed by atoms with Crippen molar-refractivity contribution >= 4 is 11.8 Å². The zero-order valence-electron chi connectivity index (χ0n) is 10.7. The molecule has 2 aliphatic rings. The number of carbonyl (C=O) groups is 2. The quantitative estimate of drug-likeness (QED) is 0.751. The maximum atomic E-state index is 12.4. The van der Waals surface area contributed by atoms with Gasteiger partial charge < -0.3 is 5.73 Å². The average molecular weight is 238 g/mol. The van der Waals surface area contributed by atoms with Gasteiger partial charge in [-0.2, -0.15) is 0 Å². The number of likely N-dealkylation sites (tertiary alicyclic amines) is 1. The second-order valence-electron chi connectivity index (χ2n) is 5.35. The normalized spacial score (nSPS) is 29.0. The molecule has 2 N–H and O–H groups in total. The monoisotopic (exact) mass is 238 g/mol. The van der Waals surface area contributed by atoms with Crippen LogP contribution in [0.5, 0.6) is 0 Å². The van der Waals surface area contributed by atoms with Crippen LogP contribution in [-0.4, -0.2) is 28.8 Å². The Hall–Kier alpha value is -0.900. The molecule has 17 heavy (non-hydrogen) atoms. The molecule has 2 amide bonds. The molecule has 0 spiro atoms. The number of amides is 2. The lowest BCUT2D eigenvalue weighted by Gasteiger charge is -2.44. The number of nitrogens with two attached hydrogens (primary N) is 1. The van der Waals surface area contributed by atoms with Crippen molar-refractivity contribution in [2.45, 2.75) is 51.5 Å². The summed E-state index contributed by atoms with van der Waals surface area (Å²) in [5.74, 6) is 0.194. The van der Waals surface area contributed by atoms with Gasteiger partial charge in [-0.3, -0.25) is 14.5 Å².